The van der Waals surface area contributed by atoms with Crippen molar-refractivity contribution in [2.24, 2.45) is 9.98 Å². The Balaban J connectivity index is 1.26. The quantitative estimate of drug-likeness (QED) is 0.212. The van der Waals surface area contributed by atoms with E-state index in [1.165, 1.54) is 21.5 Å². The van der Waals surface area contributed by atoms with Crippen LogP contribution in [0.5, 0.6) is 0 Å². The summed E-state index contributed by atoms with van der Waals surface area (Å²) in [4.78, 5) is 10.4. The highest BCUT2D eigenvalue weighted by molar-refractivity contribution is 6.18. The number of nitrogens with one attached hydrogen (secondary N) is 1. The number of furan rings is 1. The molecule has 4 nitrogen and oxygen atoms in total. The highest BCUT2D eigenvalue weighted by atomic mass is 16.3. The SMILES string of the molecule is c1ccc(C2=NC(c3cccc4oc5cccc(-c6ccc7c(ccc8ccccc87)c6)c5c34)N=C(c3ccccc3)N2)cc1. The van der Waals surface area contributed by atoms with Crippen LogP contribution >= 0.6 is 0 Å². The summed E-state index contributed by atoms with van der Waals surface area (Å²) in [6, 6.07) is 52.8. The normalized spacial score (nSPS) is 13.7. The first-order chi connectivity index (χ1) is 22.3. The number of hydrogen-bond donors (Lipinski definition) is 1. The molecule has 1 aromatic heterocycles. The molecular formula is C41H27N3O. The summed E-state index contributed by atoms with van der Waals surface area (Å²) in [7, 11) is 0. The van der Waals surface area contributed by atoms with Crippen molar-refractivity contribution in [2.45, 2.75) is 6.17 Å². The van der Waals surface area contributed by atoms with Crippen molar-refractivity contribution in [2.75, 3.05) is 0 Å². The molecule has 8 aromatic rings. The van der Waals surface area contributed by atoms with E-state index in [0.717, 1.165) is 61.4 Å². The molecule has 0 fully saturated rings. The third-order valence-electron chi connectivity index (χ3n) is 8.72. The fourth-order valence-electron chi connectivity index (χ4n) is 6.60. The molecule has 4 heteroatoms. The van der Waals surface area contributed by atoms with Crippen LogP contribution in [0.2, 0.25) is 0 Å². The summed E-state index contributed by atoms with van der Waals surface area (Å²) >= 11 is 0. The summed E-state index contributed by atoms with van der Waals surface area (Å²) in [5.41, 5.74) is 6.98. The van der Waals surface area contributed by atoms with Gasteiger partial charge in [0.2, 0.25) is 0 Å². The van der Waals surface area contributed by atoms with E-state index in [2.05, 4.69) is 108 Å². The summed E-state index contributed by atoms with van der Waals surface area (Å²) in [5.74, 6) is 1.59. The maximum absolute atomic E-state index is 6.50. The molecule has 0 bridgehead atoms. The Morgan fingerprint density at radius 3 is 1.84 bits per heavy atom. The first-order valence-corrected chi connectivity index (χ1v) is 15.2. The zero-order valence-corrected chi connectivity index (χ0v) is 24.3. The van der Waals surface area contributed by atoms with Crippen LogP contribution < -0.4 is 5.32 Å². The van der Waals surface area contributed by atoms with Crippen molar-refractivity contribution in [1.29, 1.82) is 0 Å². The van der Waals surface area contributed by atoms with E-state index in [9.17, 15) is 0 Å². The van der Waals surface area contributed by atoms with Gasteiger partial charge in [-0.05, 0) is 50.9 Å². The second kappa shape index (κ2) is 10.3. The minimum Gasteiger partial charge on any atom is -0.456 e. The van der Waals surface area contributed by atoms with E-state index in [1.807, 2.05) is 48.5 Å². The van der Waals surface area contributed by atoms with Gasteiger partial charge in [0.25, 0.3) is 0 Å². The number of fused-ring (bicyclic) bond motifs is 6. The summed E-state index contributed by atoms with van der Waals surface area (Å²) in [5, 5.41) is 10.6. The molecule has 1 N–H and O–H groups in total. The van der Waals surface area contributed by atoms with Crippen molar-refractivity contribution in [3.8, 4) is 11.1 Å². The van der Waals surface area contributed by atoms with Gasteiger partial charge in [-0.25, -0.2) is 9.98 Å². The minimum atomic E-state index is -0.461. The zero-order valence-electron chi connectivity index (χ0n) is 24.3. The average molecular weight is 578 g/mol. The molecule has 0 atom stereocenters. The first-order valence-electron chi connectivity index (χ1n) is 15.2. The molecule has 0 radical (unpaired) electrons. The number of benzene rings is 7. The van der Waals surface area contributed by atoms with E-state index in [4.69, 9.17) is 14.4 Å². The molecule has 2 heterocycles. The van der Waals surface area contributed by atoms with Gasteiger partial charge in [0.1, 0.15) is 22.8 Å². The summed E-state index contributed by atoms with van der Waals surface area (Å²) < 4.78 is 6.50. The molecule has 45 heavy (non-hydrogen) atoms. The standard InChI is InChI=1S/C41H27N3O/c1-3-12-27(13-4-1)39-42-40(28-14-5-2-6-15-28)44-41(43-39)34-18-10-20-36-38(34)37-33(17-9-19-35(37)45-36)30-23-24-32-29(25-30)22-21-26-11-7-8-16-31(26)32/h1-25,41H,(H,42,43,44). The number of nitrogens with zero attached hydrogens (tertiary/aromatic N) is 2. The molecule has 0 saturated carbocycles. The van der Waals surface area contributed by atoms with E-state index < -0.39 is 6.17 Å². The van der Waals surface area contributed by atoms with Gasteiger partial charge in [0, 0.05) is 27.5 Å². The molecule has 7 aromatic carbocycles. The minimum absolute atomic E-state index is 0.461. The second-order valence-electron chi connectivity index (χ2n) is 11.4. The van der Waals surface area contributed by atoms with Crippen LogP contribution in [0.25, 0.3) is 54.6 Å². The first kappa shape index (κ1) is 25.5. The van der Waals surface area contributed by atoms with Gasteiger partial charge in [0.15, 0.2) is 6.17 Å². The van der Waals surface area contributed by atoms with E-state index in [1.54, 1.807) is 0 Å². The zero-order chi connectivity index (χ0) is 29.7. The lowest BCUT2D eigenvalue weighted by molar-refractivity contribution is 0.667. The van der Waals surface area contributed by atoms with Gasteiger partial charge in [-0.3, -0.25) is 0 Å². The van der Waals surface area contributed by atoms with E-state index in [0.29, 0.717) is 0 Å². The predicted molar refractivity (Wildman–Crippen MR) is 186 cm³/mol. The lowest BCUT2D eigenvalue weighted by Crippen LogP contribution is -2.36. The van der Waals surface area contributed by atoms with Crippen LogP contribution in [0.4, 0.5) is 0 Å². The second-order valence-corrected chi connectivity index (χ2v) is 11.4. The Hall–Kier alpha value is -6.00. The van der Waals surface area contributed by atoms with Crippen molar-refractivity contribution in [1.82, 2.24) is 5.32 Å². The Morgan fingerprint density at radius 2 is 1.09 bits per heavy atom. The van der Waals surface area contributed by atoms with Crippen LogP contribution in [-0.4, -0.2) is 11.7 Å². The Bertz CT molecular complexity index is 2400. The van der Waals surface area contributed by atoms with Gasteiger partial charge in [-0.2, -0.15) is 0 Å². The van der Waals surface area contributed by atoms with Crippen LogP contribution in [0.15, 0.2) is 166 Å². The monoisotopic (exact) mass is 577 g/mol. The smallest absolute Gasteiger partial charge is 0.170 e. The highest BCUT2D eigenvalue weighted by Gasteiger charge is 2.25. The molecule has 0 saturated heterocycles. The Kier molecular flexibility index (Phi) is 5.85. The maximum Gasteiger partial charge on any atom is 0.170 e. The molecule has 212 valence electrons. The largest absolute Gasteiger partial charge is 0.456 e. The molecule has 1 aliphatic heterocycles. The number of hydrogen-bond acceptors (Lipinski definition) is 4. The van der Waals surface area contributed by atoms with Gasteiger partial charge in [0.05, 0.1) is 0 Å². The predicted octanol–water partition coefficient (Wildman–Crippen LogP) is 10.1. The Morgan fingerprint density at radius 1 is 0.467 bits per heavy atom. The summed E-state index contributed by atoms with van der Waals surface area (Å²) in [6.45, 7) is 0. The van der Waals surface area contributed by atoms with Crippen molar-refractivity contribution >= 4 is 55.2 Å². The molecule has 0 spiro atoms. The van der Waals surface area contributed by atoms with E-state index >= 15 is 0 Å². The molecule has 0 aliphatic carbocycles. The fourth-order valence-corrected chi connectivity index (χ4v) is 6.60. The lowest BCUT2D eigenvalue weighted by Gasteiger charge is -2.23. The molecule has 0 amide bonds. The van der Waals surface area contributed by atoms with Crippen LogP contribution in [0.1, 0.15) is 22.9 Å². The highest BCUT2D eigenvalue weighted by Crippen LogP contribution is 2.42. The maximum atomic E-state index is 6.50. The van der Waals surface area contributed by atoms with Crippen molar-refractivity contribution < 1.29 is 4.42 Å². The number of rotatable bonds is 4. The number of amidine groups is 2. The van der Waals surface area contributed by atoms with Gasteiger partial charge >= 0.3 is 0 Å². The molecule has 1 aliphatic rings. The van der Waals surface area contributed by atoms with Crippen LogP contribution in [-0.2, 0) is 0 Å². The summed E-state index contributed by atoms with van der Waals surface area (Å²) in [6.07, 6.45) is -0.461. The van der Waals surface area contributed by atoms with Crippen LogP contribution in [0, 0.1) is 0 Å². The van der Waals surface area contributed by atoms with E-state index in [-0.39, 0.29) is 0 Å². The third kappa shape index (κ3) is 4.30. The fraction of sp³-hybridized carbons (Fsp3) is 0.0244. The van der Waals surface area contributed by atoms with Crippen LogP contribution in [0.3, 0.4) is 0 Å². The van der Waals surface area contributed by atoms with Gasteiger partial charge in [-0.1, -0.05) is 133 Å². The van der Waals surface area contributed by atoms with Gasteiger partial charge in [-0.15, -0.1) is 0 Å². The van der Waals surface area contributed by atoms with Crippen molar-refractivity contribution in [3.05, 3.63) is 168 Å². The third-order valence-corrected chi connectivity index (χ3v) is 8.72. The van der Waals surface area contributed by atoms with Crippen molar-refractivity contribution in [3.63, 3.8) is 0 Å². The van der Waals surface area contributed by atoms with Gasteiger partial charge < -0.3 is 9.73 Å². The molecular weight excluding hydrogens is 550 g/mol. The Labute approximate surface area is 260 Å². The lowest BCUT2D eigenvalue weighted by atomic mass is 9.94. The molecule has 9 rings (SSSR count). The molecule has 0 unspecified atom stereocenters. The average Bonchev–Trinajstić information content (AvgIpc) is 3.51. The topological polar surface area (TPSA) is 49.9 Å². The number of aliphatic imine (C=N–C) groups is 2.